The first-order valence-electron chi connectivity index (χ1n) is 8.00. The second kappa shape index (κ2) is 7.25. The van der Waals surface area contributed by atoms with E-state index in [2.05, 4.69) is 20.1 Å². The van der Waals surface area contributed by atoms with Crippen molar-refractivity contribution in [3.05, 3.63) is 48.0 Å². The molecule has 126 valence electrons. The zero-order valence-corrected chi connectivity index (χ0v) is 13.5. The first kappa shape index (κ1) is 16.2. The molecule has 0 atom stereocenters. The van der Waals surface area contributed by atoms with E-state index in [1.807, 2.05) is 16.9 Å². The van der Waals surface area contributed by atoms with Gasteiger partial charge >= 0.3 is 5.97 Å². The van der Waals surface area contributed by atoms with Crippen molar-refractivity contribution in [1.29, 1.82) is 0 Å². The molecule has 24 heavy (non-hydrogen) atoms. The largest absolute Gasteiger partial charge is 0.465 e. The molecular formula is C17H20N4O3. The van der Waals surface area contributed by atoms with Crippen LogP contribution in [0.4, 0.5) is 0 Å². The lowest BCUT2D eigenvalue weighted by Gasteiger charge is -2.29. The van der Waals surface area contributed by atoms with Gasteiger partial charge in [-0.3, -0.25) is 14.5 Å². The van der Waals surface area contributed by atoms with E-state index in [4.69, 9.17) is 0 Å². The van der Waals surface area contributed by atoms with Crippen molar-refractivity contribution in [3.63, 3.8) is 0 Å². The Balaban J connectivity index is 1.57. The SMILES string of the molecule is COC(=O)c1cncc(C(=O)NC2CCC(n3cccn3)CC2)c1. The average Bonchev–Trinajstić information content (AvgIpc) is 3.16. The van der Waals surface area contributed by atoms with Gasteiger partial charge in [-0.15, -0.1) is 0 Å². The number of nitrogens with zero attached hydrogens (tertiary/aromatic N) is 3. The van der Waals surface area contributed by atoms with Gasteiger partial charge < -0.3 is 10.1 Å². The maximum absolute atomic E-state index is 12.4. The molecule has 7 nitrogen and oxygen atoms in total. The summed E-state index contributed by atoms with van der Waals surface area (Å²) in [6.45, 7) is 0. The molecule has 1 fully saturated rings. The summed E-state index contributed by atoms with van der Waals surface area (Å²) < 4.78 is 6.64. The van der Waals surface area contributed by atoms with Crippen LogP contribution in [0, 0.1) is 0 Å². The lowest BCUT2D eigenvalue weighted by molar-refractivity contribution is 0.0600. The lowest BCUT2D eigenvalue weighted by atomic mass is 9.91. The van der Waals surface area contributed by atoms with E-state index in [0.717, 1.165) is 25.7 Å². The van der Waals surface area contributed by atoms with Gasteiger partial charge in [0.2, 0.25) is 0 Å². The predicted molar refractivity (Wildman–Crippen MR) is 86.6 cm³/mol. The smallest absolute Gasteiger partial charge is 0.339 e. The molecule has 0 unspecified atom stereocenters. The third-order valence-electron chi connectivity index (χ3n) is 4.35. The van der Waals surface area contributed by atoms with E-state index >= 15 is 0 Å². The minimum Gasteiger partial charge on any atom is -0.465 e. The highest BCUT2D eigenvalue weighted by molar-refractivity contribution is 5.97. The van der Waals surface area contributed by atoms with Crippen molar-refractivity contribution in [2.45, 2.75) is 37.8 Å². The summed E-state index contributed by atoms with van der Waals surface area (Å²) in [5.74, 6) is -0.715. The van der Waals surface area contributed by atoms with Crippen LogP contribution in [-0.4, -0.2) is 39.8 Å². The Hall–Kier alpha value is -2.70. The van der Waals surface area contributed by atoms with E-state index in [9.17, 15) is 9.59 Å². The number of carbonyl (C=O) groups is 2. The standard InChI is InChI=1S/C17H20N4O3/c1-24-17(23)13-9-12(10-18-11-13)16(22)20-14-3-5-15(6-4-14)21-8-2-7-19-21/h2,7-11,14-15H,3-6H2,1H3,(H,20,22). The van der Waals surface area contributed by atoms with Gasteiger partial charge in [0.05, 0.1) is 24.3 Å². The molecular weight excluding hydrogens is 308 g/mol. The number of pyridine rings is 1. The van der Waals surface area contributed by atoms with Crippen molar-refractivity contribution in [1.82, 2.24) is 20.1 Å². The van der Waals surface area contributed by atoms with Crippen molar-refractivity contribution < 1.29 is 14.3 Å². The maximum Gasteiger partial charge on any atom is 0.339 e. The summed E-state index contributed by atoms with van der Waals surface area (Å²) in [6.07, 6.45) is 10.4. The van der Waals surface area contributed by atoms with E-state index in [1.165, 1.54) is 25.6 Å². The van der Waals surface area contributed by atoms with Crippen LogP contribution >= 0.6 is 0 Å². The highest BCUT2D eigenvalue weighted by Gasteiger charge is 2.24. The van der Waals surface area contributed by atoms with Gasteiger partial charge in [-0.1, -0.05) is 0 Å². The Bertz CT molecular complexity index is 706. The summed E-state index contributed by atoms with van der Waals surface area (Å²) in [5, 5.41) is 7.31. The van der Waals surface area contributed by atoms with Gasteiger partial charge in [0, 0.05) is 30.8 Å². The molecule has 7 heteroatoms. The number of methoxy groups -OCH3 is 1. The first-order valence-corrected chi connectivity index (χ1v) is 8.00. The molecule has 2 heterocycles. The molecule has 2 aromatic heterocycles. The normalized spacial score (nSPS) is 20.4. The Labute approximate surface area is 140 Å². The summed E-state index contributed by atoms with van der Waals surface area (Å²) in [5.41, 5.74) is 0.639. The van der Waals surface area contributed by atoms with Gasteiger partial charge in [0.15, 0.2) is 0 Å². The zero-order valence-electron chi connectivity index (χ0n) is 13.5. The van der Waals surface area contributed by atoms with E-state index in [-0.39, 0.29) is 17.5 Å². The number of amides is 1. The molecule has 1 amide bonds. The number of rotatable bonds is 4. The topological polar surface area (TPSA) is 86.1 Å². The molecule has 1 N–H and O–H groups in total. The van der Waals surface area contributed by atoms with Crippen molar-refractivity contribution in [3.8, 4) is 0 Å². The summed E-state index contributed by atoms with van der Waals surface area (Å²) in [6, 6.07) is 3.96. The van der Waals surface area contributed by atoms with Gasteiger partial charge in [-0.25, -0.2) is 4.79 Å². The first-order chi connectivity index (χ1) is 11.7. The molecule has 0 aliphatic heterocycles. The Morgan fingerprint density at radius 2 is 1.96 bits per heavy atom. The Morgan fingerprint density at radius 3 is 2.62 bits per heavy atom. The van der Waals surface area contributed by atoms with Crippen LogP contribution in [0.3, 0.4) is 0 Å². The average molecular weight is 328 g/mol. The van der Waals surface area contributed by atoms with Crippen molar-refractivity contribution >= 4 is 11.9 Å². The van der Waals surface area contributed by atoms with Crippen LogP contribution in [0.2, 0.25) is 0 Å². The number of carbonyl (C=O) groups excluding carboxylic acids is 2. The molecule has 1 aliphatic rings. The number of aromatic nitrogens is 3. The monoisotopic (exact) mass is 328 g/mol. The second-order valence-electron chi connectivity index (χ2n) is 5.92. The predicted octanol–water partition coefficient (Wildman–Crippen LogP) is 1.98. The van der Waals surface area contributed by atoms with Crippen LogP contribution in [0.15, 0.2) is 36.9 Å². The zero-order chi connectivity index (χ0) is 16.9. The number of hydrogen-bond acceptors (Lipinski definition) is 5. The van der Waals surface area contributed by atoms with E-state index in [1.54, 1.807) is 6.20 Å². The minimum atomic E-state index is -0.503. The number of ether oxygens (including phenoxy) is 1. The lowest BCUT2D eigenvalue weighted by Crippen LogP contribution is -2.38. The maximum atomic E-state index is 12.4. The molecule has 0 bridgehead atoms. The van der Waals surface area contributed by atoms with E-state index < -0.39 is 5.97 Å². The third-order valence-corrected chi connectivity index (χ3v) is 4.35. The molecule has 1 saturated carbocycles. The molecule has 0 saturated heterocycles. The van der Waals surface area contributed by atoms with Gasteiger partial charge in [-0.05, 0) is 37.8 Å². The van der Waals surface area contributed by atoms with Gasteiger partial charge in [-0.2, -0.15) is 5.10 Å². The number of nitrogens with one attached hydrogen (secondary N) is 1. The molecule has 2 aromatic rings. The summed E-state index contributed by atoms with van der Waals surface area (Å²) in [4.78, 5) is 27.8. The summed E-state index contributed by atoms with van der Waals surface area (Å²) >= 11 is 0. The van der Waals surface area contributed by atoms with Crippen LogP contribution in [0.25, 0.3) is 0 Å². The second-order valence-corrected chi connectivity index (χ2v) is 5.92. The molecule has 0 spiro atoms. The third kappa shape index (κ3) is 3.61. The van der Waals surface area contributed by atoms with Crippen molar-refractivity contribution in [2.24, 2.45) is 0 Å². The Kier molecular flexibility index (Phi) is 4.88. The van der Waals surface area contributed by atoms with Crippen molar-refractivity contribution in [2.75, 3.05) is 7.11 Å². The quantitative estimate of drug-likeness (QED) is 0.867. The minimum absolute atomic E-state index is 0.131. The highest BCUT2D eigenvalue weighted by Crippen LogP contribution is 2.27. The van der Waals surface area contributed by atoms with Crippen LogP contribution < -0.4 is 5.32 Å². The fourth-order valence-corrected chi connectivity index (χ4v) is 3.04. The number of esters is 1. The molecule has 0 radical (unpaired) electrons. The molecule has 3 rings (SSSR count). The fourth-order valence-electron chi connectivity index (χ4n) is 3.04. The van der Waals surface area contributed by atoms with Gasteiger partial charge in [0.25, 0.3) is 5.91 Å². The molecule has 1 aliphatic carbocycles. The number of hydrogen-bond donors (Lipinski definition) is 1. The Morgan fingerprint density at radius 1 is 1.21 bits per heavy atom. The van der Waals surface area contributed by atoms with Crippen LogP contribution in [-0.2, 0) is 4.74 Å². The summed E-state index contributed by atoms with van der Waals surface area (Å²) in [7, 11) is 1.30. The fraction of sp³-hybridized carbons (Fsp3) is 0.412. The van der Waals surface area contributed by atoms with E-state index in [0.29, 0.717) is 11.6 Å². The van der Waals surface area contributed by atoms with Crippen LogP contribution in [0.5, 0.6) is 0 Å². The van der Waals surface area contributed by atoms with Gasteiger partial charge in [0.1, 0.15) is 0 Å². The van der Waals surface area contributed by atoms with Crippen LogP contribution in [0.1, 0.15) is 52.4 Å². The molecule has 0 aromatic carbocycles. The highest BCUT2D eigenvalue weighted by atomic mass is 16.5.